The Morgan fingerprint density at radius 1 is 1.33 bits per heavy atom. The van der Waals surface area contributed by atoms with E-state index in [1.165, 1.54) is 6.07 Å². The van der Waals surface area contributed by atoms with E-state index in [1.807, 2.05) is 6.92 Å². The van der Waals surface area contributed by atoms with Crippen molar-refractivity contribution in [2.45, 2.75) is 13.3 Å². The summed E-state index contributed by atoms with van der Waals surface area (Å²) in [7, 11) is 0. The highest BCUT2D eigenvalue weighted by Crippen LogP contribution is 2.14. The minimum atomic E-state index is -0.832. The van der Waals surface area contributed by atoms with Crippen LogP contribution in [0.1, 0.15) is 23.7 Å². The lowest BCUT2D eigenvalue weighted by molar-refractivity contribution is -0.120. The van der Waals surface area contributed by atoms with E-state index in [2.05, 4.69) is 10.6 Å². The minimum Gasteiger partial charge on any atom is -0.508 e. The molecule has 0 aliphatic rings. The van der Waals surface area contributed by atoms with E-state index in [0.29, 0.717) is 6.54 Å². The third-order valence-electron chi connectivity index (χ3n) is 2.18. The summed E-state index contributed by atoms with van der Waals surface area (Å²) in [4.78, 5) is 22.8. The summed E-state index contributed by atoms with van der Waals surface area (Å²) in [5.74, 6) is -2.12. The van der Waals surface area contributed by atoms with Crippen LogP contribution in [0, 0.1) is 5.82 Å². The number of carbonyl (C=O) groups is 2. The fraction of sp³-hybridized carbons (Fsp3) is 0.333. The van der Waals surface area contributed by atoms with Crippen LogP contribution in [0.2, 0.25) is 0 Å². The van der Waals surface area contributed by atoms with Crippen LogP contribution in [0.4, 0.5) is 4.39 Å². The van der Waals surface area contributed by atoms with Crippen molar-refractivity contribution < 1.29 is 19.1 Å². The van der Waals surface area contributed by atoms with Crippen LogP contribution in [0.25, 0.3) is 0 Å². The molecule has 1 aromatic rings. The summed E-state index contributed by atoms with van der Waals surface area (Å²) in [5, 5.41) is 13.9. The van der Waals surface area contributed by atoms with E-state index in [-0.39, 0.29) is 23.8 Å². The maximum absolute atomic E-state index is 13.3. The van der Waals surface area contributed by atoms with Crippen molar-refractivity contribution in [2.24, 2.45) is 0 Å². The number of benzene rings is 1. The number of phenols is 1. The van der Waals surface area contributed by atoms with Crippen molar-refractivity contribution in [1.82, 2.24) is 10.6 Å². The third kappa shape index (κ3) is 4.04. The molecule has 0 aromatic heterocycles. The molecule has 6 heteroatoms. The van der Waals surface area contributed by atoms with Crippen molar-refractivity contribution in [3.05, 3.63) is 29.6 Å². The Kier molecular flexibility index (Phi) is 5.10. The van der Waals surface area contributed by atoms with Crippen molar-refractivity contribution in [1.29, 1.82) is 0 Å². The molecule has 0 atom stereocenters. The van der Waals surface area contributed by atoms with Gasteiger partial charge >= 0.3 is 0 Å². The highest BCUT2D eigenvalue weighted by molar-refractivity contribution is 5.96. The summed E-state index contributed by atoms with van der Waals surface area (Å²) in [6, 6.07) is 3.20. The van der Waals surface area contributed by atoms with Gasteiger partial charge in [-0.05, 0) is 18.6 Å². The van der Waals surface area contributed by atoms with Gasteiger partial charge in [-0.1, -0.05) is 6.92 Å². The predicted octanol–water partition coefficient (Wildman–Crippen LogP) is 0.787. The second-order valence-corrected chi connectivity index (χ2v) is 3.70. The average Bonchev–Trinajstić information content (AvgIpc) is 2.33. The van der Waals surface area contributed by atoms with Crippen LogP contribution < -0.4 is 10.6 Å². The highest BCUT2D eigenvalue weighted by atomic mass is 19.1. The number of nitrogens with one attached hydrogen (secondary N) is 2. The Bertz CT molecular complexity index is 449. The van der Waals surface area contributed by atoms with Gasteiger partial charge in [-0.3, -0.25) is 9.59 Å². The number of hydrogen-bond acceptors (Lipinski definition) is 3. The Balaban J connectivity index is 2.53. The van der Waals surface area contributed by atoms with Crippen molar-refractivity contribution in [3.8, 4) is 5.75 Å². The van der Waals surface area contributed by atoms with Gasteiger partial charge in [-0.25, -0.2) is 4.39 Å². The van der Waals surface area contributed by atoms with Gasteiger partial charge in [0.25, 0.3) is 5.91 Å². The zero-order chi connectivity index (χ0) is 13.5. The summed E-state index contributed by atoms with van der Waals surface area (Å²) in [5.41, 5.74) is -0.212. The largest absolute Gasteiger partial charge is 0.508 e. The lowest BCUT2D eigenvalue weighted by atomic mass is 10.2. The van der Waals surface area contributed by atoms with Gasteiger partial charge < -0.3 is 15.7 Å². The van der Waals surface area contributed by atoms with E-state index in [4.69, 9.17) is 5.11 Å². The first kappa shape index (κ1) is 14.0. The molecule has 98 valence electrons. The van der Waals surface area contributed by atoms with Gasteiger partial charge in [0.05, 0.1) is 12.1 Å². The number of halogens is 1. The smallest absolute Gasteiger partial charge is 0.254 e. The first-order chi connectivity index (χ1) is 8.54. The standard InChI is InChI=1S/C12H15FN2O3/c1-2-5-14-11(17)7-15-12(18)9-4-3-8(16)6-10(9)13/h3-4,6,16H,2,5,7H2,1H3,(H,14,17)(H,15,18). The molecule has 1 aromatic carbocycles. The fourth-order valence-corrected chi connectivity index (χ4v) is 1.27. The van der Waals surface area contributed by atoms with E-state index in [0.717, 1.165) is 18.6 Å². The quantitative estimate of drug-likeness (QED) is 0.726. The predicted molar refractivity (Wildman–Crippen MR) is 63.7 cm³/mol. The number of phenolic OH excluding ortho intramolecular Hbond substituents is 1. The molecule has 5 nitrogen and oxygen atoms in total. The molecule has 18 heavy (non-hydrogen) atoms. The van der Waals surface area contributed by atoms with E-state index in [9.17, 15) is 14.0 Å². The zero-order valence-electron chi connectivity index (χ0n) is 10.00. The molecule has 0 saturated heterocycles. The molecule has 1 rings (SSSR count). The number of aromatic hydroxyl groups is 1. The Morgan fingerprint density at radius 2 is 2.06 bits per heavy atom. The van der Waals surface area contributed by atoms with Crippen molar-refractivity contribution in [3.63, 3.8) is 0 Å². The van der Waals surface area contributed by atoms with Gasteiger partial charge in [-0.15, -0.1) is 0 Å². The van der Waals surface area contributed by atoms with Gasteiger partial charge in [-0.2, -0.15) is 0 Å². The van der Waals surface area contributed by atoms with Crippen LogP contribution in [-0.4, -0.2) is 30.0 Å². The van der Waals surface area contributed by atoms with Gasteiger partial charge in [0.1, 0.15) is 11.6 Å². The average molecular weight is 254 g/mol. The minimum absolute atomic E-state index is 0.209. The number of rotatable bonds is 5. The Morgan fingerprint density at radius 3 is 2.67 bits per heavy atom. The number of hydrogen-bond donors (Lipinski definition) is 3. The monoisotopic (exact) mass is 254 g/mol. The molecule has 0 spiro atoms. The molecule has 0 aliphatic heterocycles. The number of amides is 2. The number of carbonyl (C=O) groups excluding carboxylic acids is 2. The van der Waals surface area contributed by atoms with Crippen molar-refractivity contribution in [2.75, 3.05) is 13.1 Å². The second kappa shape index (κ2) is 6.58. The second-order valence-electron chi connectivity index (χ2n) is 3.70. The van der Waals surface area contributed by atoms with Crippen LogP contribution in [0.15, 0.2) is 18.2 Å². The maximum Gasteiger partial charge on any atom is 0.254 e. The molecular weight excluding hydrogens is 239 g/mol. The lowest BCUT2D eigenvalue weighted by Gasteiger charge is -2.06. The first-order valence-corrected chi connectivity index (χ1v) is 5.58. The molecule has 0 radical (unpaired) electrons. The molecule has 0 bridgehead atoms. The Hall–Kier alpha value is -2.11. The highest BCUT2D eigenvalue weighted by Gasteiger charge is 2.12. The molecule has 0 fully saturated rings. The van der Waals surface area contributed by atoms with Crippen LogP contribution in [-0.2, 0) is 4.79 Å². The molecule has 0 unspecified atom stereocenters. The van der Waals surface area contributed by atoms with Gasteiger partial charge in [0.15, 0.2) is 0 Å². The summed E-state index contributed by atoms with van der Waals surface area (Å²) in [6.45, 7) is 2.23. The zero-order valence-corrected chi connectivity index (χ0v) is 10.00. The van der Waals surface area contributed by atoms with Crippen LogP contribution in [0.3, 0.4) is 0 Å². The van der Waals surface area contributed by atoms with Crippen LogP contribution in [0.5, 0.6) is 5.75 Å². The third-order valence-corrected chi connectivity index (χ3v) is 2.18. The normalized spacial score (nSPS) is 9.89. The summed E-state index contributed by atoms with van der Waals surface area (Å²) < 4.78 is 13.3. The fourth-order valence-electron chi connectivity index (χ4n) is 1.27. The van der Waals surface area contributed by atoms with Gasteiger partial charge in [0, 0.05) is 12.6 Å². The summed E-state index contributed by atoms with van der Waals surface area (Å²) >= 11 is 0. The molecule has 0 saturated carbocycles. The van der Waals surface area contributed by atoms with E-state index < -0.39 is 11.7 Å². The molecule has 2 amide bonds. The topological polar surface area (TPSA) is 78.4 Å². The maximum atomic E-state index is 13.3. The van der Waals surface area contributed by atoms with E-state index in [1.54, 1.807) is 0 Å². The summed E-state index contributed by atoms with van der Waals surface area (Å²) in [6.07, 6.45) is 0.798. The molecule has 0 heterocycles. The van der Waals surface area contributed by atoms with Crippen LogP contribution >= 0.6 is 0 Å². The molecule has 0 aliphatic carbocycles. The van der Waals surface area contributed by atoms with E-state index >= 15 is 0 Å². The first-order valence-electron chi connectivity index (χ1n) is 5.58. The lowest BCUT2D eigenvalue weighted by Crippen LogP contribution is -2.37. The SMILES string of the molecule is CCCNC(=O)CNC(=O)c1ccc(O)cc1F. The van der Waals surface area contributed by atoms with Crippen molar-refractivity contribution >= 4 is 11.8 Å². The molecular formula is C12H15FN2O3. The Labute approximate surface area is 104 Å². The molecule has 3 N–H and O–H groups in total. The van der Waals surface area contributed by atoms with Gasteiger partial charge in [0.2, 0.25) is 5.91 Å².